The van der Waals surface area contributed by atoms with Crippen molar-refractivity contribution in [1.29, 1.82) is 0 Å². The van der Waals surface area contributed by atoms with Crippen molar-refractivity contribution in [2.75, 3.05) is 0 Å². The smallest absolute Gasteiger partial charge is 0.252 e. The van der Waals surface area contributed by atoms with Gasteiger partial charge < -0.3 is 5.32 Å². The summed E-state index contributed by atoms with van der Waals surface area (Å²) >= 11 is 0. The minimum atomic E-state index is 0.0902. The van der Waals surface area contributed by atoms with Gasteiger partial charge in [0.05, 0.1) is 0 Å². The second-order valence-corrected chi connectivity index (χ2v) is 4.17. The number of nitrogens with one attached hydrogen (secondary N) is 1. The van der Waals surface area contributed by atoms with Gasteiger partial charge in [-0.3, -0.25) is 4.79 Å². The molecule has 1 N–H and O–H groups in total. The largest absolute Gasteiger partial charge is 0.348 e. The van der Waals surface area contributed by atoms with Crippen molar-refractivity contribution in [3.63, 3.8) is 0 Å². The number of amides is 1. The van der Waals surface area contributed by atoms with E-state index < -0.39 is 0 Å². The van der Waals surface area contributed by atoms with Crippen LogP contribution in [-0.4, -0.2) is 5.91 Å². The number of benzene rings is 1. The number of rotatable bonds is 1. The van der Waals surface area contributed by atoms with Crippen molar-refractivity contribution in [1.82, 2.24) is 5.32 Å². The minimum Gasteiger partial charge on any atom is -0.348 e. The Morgan fingerprint density at radius 2 is 2.07 bits per heavy atom. The van der Waals surface area contributed by atoms with Crippen LogP contribution in [0.4, 0.5) is 0 Å². The van der Waals surface area contributed by atoms with E-state index in [0.717, 1.165) is 11.1 Å². The zero-order valence-corrected chi connectivity index (χ0v) is 8.85. The lowest BCUT2D eigenvalue weighted by Gasteiger charge is -2.13. The number of carbonyl (C=O) groups is 1. The van der Waals surface area contributed by atoms with Crippen molar-refractivity contribution in [2.45, 2.75) is 33.2 Å². The van der Waals surface area contributed by atoms with Crippen molar-refractivity contribution < 1.29 is 4.79 Å². The second-order valence-electron chi connectivity index (χ2n) is 4.17. The molecule has 2 rings (SSSR count). The summed E-state index contributed by atoms with van der Waals surface area (Å²) in [5.41, 5.74) is 4.48. The maximum absolute atomic E-state index is 11.6. The molecular weight excluding hydrogens is 174 g/mol. The molecule has 2 nitrogen and oxygen atoms in total. The van der Waals surface area contributed by atoms with E-state index in [4.69, 9.17) is 0 Å². The molecule has 0 aromatic heterocycles. The van der Waals surface area contributed by atoms with Crippen LogP contribution < -0.4 is 5.32 Å². The Morgan fingerprint density at radius 1 is 1.36 bits per heavy atom. The molecule has 0 bridgehead atoms. The van der Waals surface area contributed by atoms with Crippen LogP contribution in [0, 0.1) is 6.92 Å². The molecule has 0 fully saturated rings. The Balaban J connectivity index is 2.68. The predicted octanol–water partition coefficient (Wildman–Crippen LogP) is 2.36. The van der Waals surface area contributed by atoms with Crippen molar-refractivity contribution in [3.05, 3.63) is 34.4 Å². The molecule has 0 radical (unpaired) electrons. The number of hydrogen-bond acceptors (Lipinski definition) is 1. The third kappa shape index (κ3) is 1.22. The van der Waals surface area contributed by atoms with Crippen molar-refractivity contribution in [2.24, 2.45) is 0 Å². The Bertz CT molecular complexity index is 394. The molecule has 1 aliphatic heterocycles. The first-order valence-electron chi connectivity index (χ1n) is 5.02. The lowest BCUT2D eigenvalue weighted by Crippen LogP contribution is -2.14. The van der Waals surface area contributed by atoms with Gasteiger partial charge in [-0.25, -0.2) is 0 Å². The van der Waals surface area contributed by atoms with E-state index in [1.807, 2.05) is 0 Å². The third-order valence-corrected chi connectivity index (χ3v) is 2.79. The summed E-state index contributed by atoms with van der Waals surface area (Å²) in [5.74, 6) is 0.501. The molecule has 1 aromatic rings. The number of aryl methyl sites for hydroxylation is 1. The lowest BCUT2D eigenvalue weighted by atomic mass is 9.90. The third-order valence-electron chi connectivity index (χ3n) is 2.79. The van der Waals surface area contributed by atoms with Crippen molar-refractivity contribution in [3.8, 4) is 0 Å². The average Bonchev–Trinajstić information content (AvgIpc) is 2.47. The highest BCUT2D eigenvalue weighted by Crippen LogP contribution is 2.28. The normalized spacial score (nSPS) is 14.4. The van der Waals surface area contributed by atoms with Crippen LogP contribution in [0.15, 0.2) is 12.1 Å². The molecule has 74 valence electrons. The summed E-state index contributed by atoms with van der Waals surface area (Å²) < 4.78 is 0. The highest BCUT2D eigenvalue weighted by Gasteiger charge is 2.24. The zero-order valence-electron chi connectivity index (χ0n) is 8.85. The summed E-state index contributed by atoms with van der Waals surface area (Å²) in [6.45, 7) is 7.03. The van der Waals surface area contributed by atoms with Gasteiger partial charge in [-0.15, -0.1) is 0 Å². The molecule has 0 aliphatic carbocycles. The van der Waals surface area contributed by atoms with Gasteiger partial charge in [-0.05, 0) is 29.5 Å². The van der Waals surface area contributed by atoms with Gasteiger partial charge >= 0.3 is 0 Å². The molecule has 0 saturated carbocycles. The van der Waals surface area contributed by atoms with Gasteiger partial charge in [-0.2, -0.15) is 0 Å². The maximum Gasteiger partial charge on any atom is 0.252 e. The van der Waals surface area contributed by atoms with E-state index >= 15 is 0 Å². The quantitative estimate of drug-likeness (QED) is 0.722. The van der Waals surface area contributed by atoms with E-state index in [0.29, 0.717) is 12.5 Å². The number of fused-ring (bicyclic) bond motifs is 1. The minimum absolute atomic E-state index is 0.0902. The molecule has 2 heteroatoms. The number of carbonyl (C=O) groups excluding carboxylic acids is 1. The first kappa shape index (κ1) is 9.25. The van der Waals surface area contributed by atoms with Crippen LogP contribution in [0.2, 0.25) is 0 Å². The molecule has 1 aromatic carbocycles. The van der Waals surface area contributed by atoms with Crippen molar-refractivity contribution >= 4 is 5.91 Å². The van der Waals surface area contributed by atoms with Gasteiger partial charge in [0.25, 0.3) is 5.91 Å². The summed E-state index contributed by atoms with van der Waals surface area (Å²) in [7, 11) is 0. The molecule has 1 aliphatic rings. The van der Waals surface area contributed by atoms with Crippen LogP contribution >= 0.6 is 0 Å². The van der Waals surface area contributed by atoms with Crippen LogP contribution in [0.5, 0.6) is 0 Å². The van der Waals surface area contributed by atoms with Gasteiger partial charge in [0.1, 0.15) is 0 Å². The molecule has 14 heavy (non-hydrogen) atoms. The molecule has 0 unspecified atom stereocenters. The Kier molecular flexibility index (Phi) is 2.06. The van der Waals surface area contributed by atoms with E-state index in [1.165, 1.54) is 11.1 Å². The van der Waals surface area contributed by atoms with Gasteiger partial charge in [0.2, 0.25) is 0 Å². The fourth-order valence-electron chi connectivity index (χ4n) is 2.19. The lowest BCUT2D eigenvalue weighted by molar-refractivity contribution is 0.0964. The average molecular weight is 189 g/mol. The fourth-order valence-corrected chi connectivity index (χ4v) is 2.19. The molecule has 0 saturated heterocycles. The van der Waals surface area contributed by atoms with Crippen LogP contribution in [0.25, 0.3) is 0 Å². The van der Waals surface area contributed by atoms with Gasteiger partial charge in [0.15, 0.2) is 0 Å². The SMILES string of the molecule is Cc1ccc2c(c1C(C)C)C(=O)NC2. The first-order valence-corrected chi connectivity index (χ1v) is 5.02. The summed E-state index contributed by atoms with van der Waals surface area (Å²) in [4.78, 5) is 11.6. The van der Waals surface area contributed by atoms with Crippen LogP contribution in [-0.2, 0) is 6.54 Å². The van der Waals surface area contributed by atoms with Gasteiger partial charge in [0, 0.05) is 12.1 Å². The Morgan fingerprint density at radius 3 is 2.71 bits per heavy atom. The van der Waals surface area contributed by atoms with Crippen LogP contribution in [0.1, 0.15) is 46.8 Å². The second kappa shape index (κ2) is 3.12. The zero-order chi connectivity index (χ0) is 10.3. The Labute approximate surface area is 84.3 Å². The topological polar surface area (TPSA) is 29.1 Å². The monoisotopic (exact) mass is 189 g/mol. The summed E-state index contributed by atoms with van der Waals surface area (Å²) in [5, 5.41) is 2.87. The fraction of sp³-hybridized carbons (Fsp3) is 0.417. The van der Waals surface area contributed by atoms with Gasteiger partial charge in [-0.1, -0.05) is 26.0 Å². The van der Waals surface area contributed by atoms with E-state index in [1.54, 1.807) is 0 Å². The highest BCUT2D eigenvalue weighted by atomic mass is 16.1. The van der Waals surface area contributed by atoms with E-state index in [-0.39, 0.29) is 5.91 Å². The molecular formula is C12H15NO. The molecule has 0 atom stereocenters. The highest BCUT2D eigenvalue weighted by molar-refractivity contribution is 6.00. The van der Waals surface area contributed by atoms with Crippen LogP contribution in [0.3, 0.4) is 0 Å². The molecule has 0 spiro atoms. The van der Waals surface area contributed by atoms with E-state index in [2.05, 4.69) is 38.2 Å². The molecule has 1 amide bonds. The molecule has 1 heterocycles. The van der Waals surface area contributed by atoms with E-state index in [9.17, 15) is 4.79 Å². The standard InChI is InChI=1S/C12H15NO/c1-7(2)10-8(3)4-5-9-6-13-12(14)11(9)10/h4-5,7H,6H2,1-3H3,(H,13,14). The predicted molar refractivity (Wildman–Crippen MR) is 56.4 cm³/mol. The summed E-state index contributed by atoms with van der Waals surface area (Å²) in [6.07, 6.45) is 0. The Hall–Kier alpha value is -1.31. The number of hydrogen-bond donors (Lipinski definition) is 1. The summed E-state index contributed by atoms with van der Waals surface area (Å²) in [6, 6.07) is 4.16. The first-order chi connectivity index (χ1) is 6.61. The maximum atomic E-state index is 11.6.